The van der Waals surface area contributed by atoms with Gasteiger partial charge < -0.3 is 9.73 Å². The van der Waals surface area contributed by atoms with Crippen LogP contribution in [0.5, 0.6) is 0 Å². The van der Waals surface area contributed by atoms with E-state index < -0.39 is 9.84 Å². The molecule has 1 aliphatic rings. The Morgan fingerprint density at radius 1 is 1.32 bits per heavy atom. The summed E-state index contributed by atoms with van der Waals surface area (Å²) >= 11 is 0. The zero-order valence-electron chi connectivity index (χ0n) is 12.8. The highest BCUT2D eigenvalue weighted by molar-refractivity contribution is 7.91. The van der Waals surface area contributed by atoms with Crippen LogP contribution in [0.1, 0.15) is 23.1 Å². The average molecular weight is 322 g/mol. The normalized spacial score (nSPS) is 20.5. The molecule has 1 aromatic heterocycles. The van der Waals surface area contributed by atoms with Crippen molar-refractivity contribution in [2.24, 2.45) is 0 Å². The Morgan fingerprint density at radius 3 is 2.77 bits per heavy atom. The van der Waals surface area contributed by atoms with Crippen LogP contribution in [-0.2, 0) is 16.4 Å². The minimum atomic E-state index is -2.87. The maximum atomic E-state index is 11.8. The van der Waals surface area contributed by atoms with Crippen LogP contribution < -0.4 is 10.9 Å². The van der Waals surface area contributed by atoms with Gasteiger partial charge in [-0.05, 0) is 25.0 Å². The van der Waals surface area contributed by atoms with Crippen LogP contribution in [0, 0.1) is 13.8 Å². The number of sulfone groups is 1. The fourth-order valence-corrected chi connectivity index (χ4v) is 4.78. The van der Waals surface area contributed by atoms with Gasteiger partial charge in [-0.15, -0.1) is 0 Å². The van der Waals surface area contributed by atoms with Gasteiger partial charge in [-0.2, -0.15) is 0 Å². The minimum absolute atomic E-state index is 0.0823. The standard InChI is InChI=1S/C16H19NO4S/c1-10-3-4-14-12(7-15(18)21-16(14)11(10)2)8-17-13-5-6-22(19,20)9-13/h3-4,7,13,17H,5-6,8-9H2,1-2H3/p+1/t13-/m1/s1. The van der Waals surface area contributed by atoms with Gasteiger partial charge in [-0.1, -0.05) is 12.1 Å². The average Bonchev–Trinajstić information content (AvgIpc) is 2.80. The molecule has 118 valence electrons. The molecule has 1 aliphatic heterocycles. The van der Waals surface area contributed by atoms with E-state index in [1.165, 1.54) is 6.07 Å². The summed E-state index contributed by atoms with van der Waals surface area (Å²) in [4.78, 5) is 11.8. The lowest BCUT2D eigenvalue weighted by Gasteiger charge is -2.10. The second-order valence-electron chi connectivity index (χ2n) is 6.08. The molecule has 0 spiro atoms. The van der Waals surface area contributed by atoms with Gasteiger partial charge >= 0.3 is 5.63 Å². The van der Waals surface area contributed by atoms with E-state index in [4.69, 9.17) is 4.42 Å². The molecule has 2 N–H and O–H groups in total. The number of benzene rings is 1. The molecule has 0 radical (unpaired) electrons. The van der Waals surface area contributed by atoms with Crippen molar-refractivity contribution in [3.05, 3.63) is 45.3 Å². The summed E-state index contributed by atoms with van der Waals surface area (Å²) < 4.78 is 28.4. The summed E-state index contributed by atoms with van der Waals surface area (Å²) in [6, 6.07) is 5.58. The first-order chi connectivity index (χ1) is 10.4. The van der Waals surface area contributed by atoms with E-state index in [0.717, 1.165) is 22.1 Å². The first-order valence-corrected chi connectivity index (χ1v) is 9.24. The van der Waals surface area contributed by atoms with E-state index in [9.17, 15) is 13.2 Å². The van der Waals surface area contributed by atoms with Crippen molar-refractivity contribution in [2.75, 3.05) is 11.5 Å². The van der Waals surface area contributed by atoms with Crippen LogP contribution >= 0.6 is 0 Å². The molecular formula is C16H20NO4S+. The number of fused-ring (bicyclic) bond motifs is 1. The molecule has 1 aromatic carbocycles. The van der Waals surface area contributed by atoms with Gasteiger partial charge in [-0.25, -0.2) is 13.2 Å². The lowest BCUT2D eigenvalue weighted by molar-refractivity contribution is -0.699. The topological polar surface area (TPSA) is 81.0 Å². The van der Waals surface area contributed by atoms with Crippen molar-refractivity contribution in [3.63, 3.8) is 0 Å². The first kappa shape index (κ1) is 15.2. The van der Waals surface area contributed by atoms with Crippen LogP contribution in [0.15, 0.2) is 27.4 Å². The highest BCUT2D eigenvalue weighted by Gasteiger charge is 2.30. The molecule has 0 amide bonds. The second-order valence-corrected chi connectivity index (χ2v) is 8.31. The Morgan fingerprint density at radius 2 is 2.09 bits per heavy atom. The van der Waals surface area contributed by atoms with Crippen molar-refractivity contribution < 1.29 is 18.2 Å². The Bertz CT molecular complexity index is 883. The van der Waals surface area contributed by atoms with Crippen molar-refractivity contribution in [1.82, 2.24) is 0 Å². The fraction of sp³-hybridized carbons (Fsp3) is 0.438. The van der Waals surface area contributed by atoms with Crippen LogP contribution in [0.3, 0.4) is 0 Å². The molecule has 1 fully saturated rings. The lowest BCUT2D eigenvalue weighted by atomic mass is 10.0. The maximum Gasteiger partial charge on any atom is 0.336 e. The number of aryl methyl sites for hydroxylation is 2. The van der Waals surface area contributed by atoms with E-state index in [1.54, 1.807) is 0 Å². The summed E-state index contributed by atoms with van der Waals surface area (Å²) in [5.41, 5.74) is 3.23. The van der Waals surface area contributed by atoms with Crippen LogP contribution in [0.2, 0.25) is 0 Å². The van der Waals surface area contributed by atoms with Crippen molar-refractivity contribution in [1.29, 1.82) is 0 Å². The van der Waals surface area contributed by atoms with Crippen molar-refractivity contribution >= 4 is 20.8 Å². The third-order valence-corrected chi connectivity index (χ3v) is 6.25. The maximum absolute atomic E-state index is 11.8. The van der Waals surface area contributed by atoms with Crippen LogP contribution in [0.25, 0.3) is 11.0 Å². The molecule has 0 saturated carbocycles. The van der Waals surface area contributed by atoms with Gasteiger partial charge in [0.25, 0.3) is 0 Å². The molecule has 6 heteroatoms. The Labute approximate surface area is 129 Å². The van der Waals surface area contributed by atoms with Crippen LogP contribution in [-0.4, -0.2) is 26.0 Å². The smallest absolute Gasteiger partial charge is 0.336 e. The molecule has 5 nitrogen and oxygen atoms in total. The molecule has 1 atom stereocenters. The zero-order valence-corrected chi connectivity index (χ0v) is 13.6. The summed E-state index contributed by atoms with van der Waals surface area (Å²) in [5.74, 6) is 0.495. The van der Waals surface area contributed by atoms with E-state index in [0.29, 0.717) is 18.5 Å². The third kappa shape index (κ3) is 2.94. The van der Waals surface area contributed by atoms with Gasteiger partial charge in [0.1, 0.15) is 23.9 Å². The Hall–Kier alpha value is -1.66. The van der Waals surface area contributed by atoms with Crippen LogP contribution in [0.4, 0.5) is 0 Å². The third-order valence-electron chi connectivity index (χ3n) is 4.46. The van der Waals surface area contributed by atoms with Gasteiger partial charge in [0, 0.05) is 23.4 Å². The number of hydrogen-bond donors (Lipinski definition) is 1. The summed E-state index contributed by atoms with van der Waals surface area (Å²) in [5, 5.41) is 2.95. The lowest BCUT2D eigenvalue weighted by Crippen LogP contribution is -2.89. The van der Waals surface area contributed by atoms with E-state index in [1.807, 2.05) is 31.3 Å². The molecule has 2 aromatic rings. The predicted molar refractivity (Wildman–Crippen MR) is 84.6 cm³/mol. The molecule has 0 aliphatic carbocycles. The quantitative estimate of drug-likeness (QED) is 0.842. The number of rotatable bonds is 3. The van der Waals surface area contributed by atoms with Gasteiger partial charge in [-0.3, -0.25) is 0 Å². The largest absolute Gasteiger partial charge is 0.422 e. The van der Waals surface area contributed by atoms with Crippen molar-refractivity contribution in [2.45, 2.75) is 32.9 Å². The highest BCUT2D eigenvalue weighted by atomic mass is 32.2. The molecule has 3 rings (SSSR count). The van der Waals surface area contributed by atoms with E-state index in [-0.39, 0.29) is 23.2 Å². The summed E-state index contributed by atoms with van der Waals surface area (Å²) in [7, 11) is -2.87. The minimum Gasteiger partial charge on any atom is -0.422 e. The number of nitrogens with two attached hydrogens (primary N) is 1. The monoisotopic (exact) mass is 322 g/mol. The molecule has 2 heterocycles. The fourth-order valence-electron chi connectivity index (χ4n) is 3.00. The zero-order chi connectivity index (χ0) is 15.9. The van der Waals surface area contributed by atoms with Gasteiger partial charge in [0.15, 0.2) is 9.84 Å². The number of hydrogen-bond acceptors (Lipinski definition) is 4. The summed E-state index contributed by atoms with van der Waals surface area (Å²) in [6.45, 7) is 4.51. The molecule has 0 unspecified atom stereocenters. The predicted octanol–water partition coefficient (Wildman–Crippen LogP) is 0.660. The Balaban J connectivity index is 1.91. The van der Waals surface area contributed by atoms with Crippen molar-refractivity contribution in [3.8, 4) is 0 Å². The number of quaternary nitrogens is 1. The first-order valence-electron chi connectivity index (χ1n) is 7.42. The molecular weight excluding hydrogens is 302 g/mol. The summed E-state index contributed by atoms with van der Waals surface area (Å²) in [6.07, 6.45) is 0.680. The second kappa shape index (κ2) is 5.52. The van der Waals surface area contributed by atoms with E-state index >= 15 is 0 Å². The SMILES string of the molecule is Cc1ccc2c(C[NH2+][C@@H]3CCS(=O)(=O)C3)cc(=O)oc2c1C. The Kier molecular flexibility index (Phi) is 3.82. The molecule has 22 heavy (non-hydrogen) atoms. The van der Waals surface area contributed by atoms with Gasteiger partial charge in [0.05, 0.1) is 5.75 Å². The molecule has 0 bridgehead atoms. The van der Waals surface area contributed by atoms with Gasteiger partial charge in [0.2, 0.25) is 0 Å². The van der Waals surface area contributed by atoms with E-state index in [2.05, 4.69) is 0 Å². The molecule has 1 saturated heterocycles. The highest BCUT2D eigenvalue weighted by Crippen LogP contribution is 2.22.